The maximum atomic E-state index is 12.9. The van der Waals surface area contributed by atoms with Crippen LogP contribution >= 0.6 is 0 Å². The van der Waals surface area contributed by atoms with Crippen LogP contribution in [0.15, 0.2) is 29.2 Å². The van der Waals surface area contributed by atoms with Gasteiger partial charge in [-0.15, -0.1) is 0 Å². The number of hydrogen-bond acceptors (Lipinski definition) is 4. The second kappa shape index (κ2) is 6.51. The van der Waals surface area contributed by atoms with E-state index in [-0.39, 0.29) is 11.7 Å². The van der Waals surface area contributed by atoms with Crippen molar-refractivity contribution in [2.75, 3.05) is 26.8 Å². The molecule has 2 heterocycles. The highest BCUT2D eigenvalue weighted by Gasteiger charge is 2.46. The number of rotatable bonds is 3. The minimum absolute atomic E-state index is 0.0690. The zero-order chi connectivity index (χ0) is 16.5. The van der Waals surface area contributed by atoms with Crippen molar-refractivity contribution >= 4 is 10.0 Å². The second-order valence-corrected chi connectivity index (χ2v) is 8.36. The predicted molar refractivity (Wildman–Crippen MR) is 87.9 cm³/mol. The van der Waals surface area contributed by atoms with E-state index in [2.05, 4.69) is 0 Å². The van der Waals surface area contributed by atoms with Crippen LogP contribution in [0.4, 0.5) is 0 Å². The largest absolute Gasteiger partial charge is 0.378 e. The maximum Gasteiger partial charge on any atom is 0.243 e. The smallest absolute Gasteiger partial charge is 0.243 e. The Morgan fingerprint density at radius 1 is 1.26 bits per heavy atom. The number of ether oxygens (including phenoxy) is 2. The van der Waals surface area contributed by atoms with Gasteiger partial charge in [-0.05, 0) is 44.2 Å². The summed E-state index contributed by atoms with van der Waals surface area (Å²) < 4.78 is 39.0. The summed E-state index contributed by atoms with van der Waals surface area (Å²) in [5.41, 5.74) is 0.474. The monoisotopic (exact) mass is 339 g/mol. The number of sulfonamides is 1. The van der Waals surface area contributed by atoms with E-state index in [1.807, 2.05) is 19.1 Å². The van der Waals surface area contributed by atoms with Gasteiger partial charge in [0, 0.05) is 26.8 Å². The molecule has 0 bridgehead atoms. The number of benzene rings is 1. The van der Waals surface area contributed by atoms with Crippen LogP contribution < -0.4 is 0 Å². The molecule has 2 saturated heterocycles. The Labute approximate surface area is 138 Å². The van der Waals surface area contributed by atoms with E-state index < -0.39 is 10.0 Å². The first-order valence-corrected chi connectivity index (χ1v) is 9.66. The number of methoxy groups -OCH3 is 1. The third-order valence-electron chi connectivity index (χ3n) is 5.15. The lowest BCUT2D eigenvalue weighted by Gasteiger charge is -2.47. The van der Waals surface area contributed by atoms with Gasteiger partial charge >= 0.3 is 0 Å². The summed E-state index contributed by atoms with van der Waals surface area (Å²) in [6.45, 7) is 3.54. The average molecular weight is 339 g/mol. The van der Waals surface area contributed by atoms with Crippen molar-refractivity contribution in [3.8, 4) is 0 Å². The number of nitrogens with zero attached hydrogens (tertiary/aromatic N) is 1. The summed E-state index contributed by atoms with van der Waals surface area (Å²) in [4.78, 5) is 0.406. The zero-order valence-electron chi connectivity index (χ0n) is 13.8. The molecule has 1 atom stereocenters. The van der Waals surface area contributed by atoms with Crippen molar-refractivity contribution in [3.63, 3.8) is 0 Å². The van der Waals surface area contributed by atoms with Gasteiger partial charge in [0.15, 0.2) is 0 Å². The molecular formula is C17H25NO4S. The molecule has 2 aliphatic heterocycles. The molecule has 0 aromatic heterocycles. The first-order valence-electron chi connectivity index (χ1n) is 8.22. The number of piperidine rings is 1. The maximum absolute atomic E-state index is 12.9. The molecule has 0 amide bonds. The molecule has 1 spiro atoms. The van der Waals surface area contributed by atoms with Crippen molar-refractivity contribution in [2.45, 2.75) is 49.2 Å². The SMILES string of the molecule is CO[C@H]1CCCOC12CCN(S(=O)(=O)c1ccccc1C)CC2. The van der Waals surface area contributed by atoms with Gasteiger partial charge in [0.1, 0.15) is 0 Å². The van der Waals surface area contributed by atoms with Crippen LogP contribution in [-0.4, -0.2) is 51.2 Å². The van der Waals surface area contributed by atoms with Gasteiger partial charge < -0.3 is 9.47 Å². The van der Waals surface area contributed by atoms with Crippen LogP contribution in [0.3, 0.4) is 0 Å². The van der Waals surface area contributed by atoms with Gasteiger partial charge in [-0.3, -0.25) is 0 Å². The van der Waals surface area contributed by atoms with E-state index in [9.17, 15) is 8.42 Å². The van der Waals surface area contributed by atoms with Crippen LogP contribution in [0.5, 0.6) is 0 Å². The Morgan fingerprint density at radius 3 is 2.61 bits per heavy atom. The van der Waals surface area contributed by atoms with Gasteiger partial charge in [-0.1, -0.05) is 18.2 Å². The van der Waals surface area contributed by atoms with Crippen LogP contribution in [0.2, 0.25) is 0 Å². The average Bonchev–Trinajstić information content (AvgIpc) is 2.56. The van der Waals surface area contributed by atoms with Crippen LogP contribution in [0, 0.1) is 6.92 Å². The minimum Gasteiger partial charge on any atom is -0.378 e. The van der Waals surface area contributed by atoms with Crippen LogP contribution in [0.1, 0.15) is 31.2 Å². The molecule has 0 unspecified atom stereocenters. The third kappa shape index (κ3) is 3.05. The molecule has 128 valence electrons. The van der Waals surface area contributed by atoms with Crippen molar-refractivity contribution in [2.24, 2.45) is 0 Å². The molecule has 1 aromatic carbocycles. The number of aryl methyl sites for hydroxylation is 1. The molecular weight excluding hydrogens is 314 g/mol. The summed E-state index contributed by atoms with van der Waals surface area (Å²) in [6, 6.07) is 7.16. The van der Waals surface area contributed by atoms with Crippen LogP contribution in [-0.2, 0) is 19.5 Å². The Kier molecular flexibility index (Phi) is 4.78. The Hall–Kier alpha value is -0.950. The minimum atomic E-state index is -3.44. The van der Waals surface area contributed by atoms with Gasteiger partial charge in [-0.25, -0.2) is 8.42 Å². The van der Waals surface area contributed by atoms with E-state index in [1.165, 1.54) is 0 Å². The first-order chi connectivity index (χ1) is 11.0. The molecule has 23 heavy (non-hydrogen) atoms. The van der Waals surface area contributed by atoms with Crippen molar-refractivity contribution in [1.29, 1.82) is 0 Å². The summed E-state index contributed by atoms with van der Waals surface area (Å²) in [5, 5.41) is 0. The molecule has 2 aliphatic rings. The van der Waals surface area contributed by atoms with E-state index in [0.717, 1.165) is 25.0 Å². The van der Waals surface area contributed by atoms with Gasteiger partial charge in [0.2, 0.25) is 10.0 Å². The lowest BCUT2D eigenvalue weighted by Crippen LogP contribution is -2.56. The third-order valence-corrected chi connectivity index (χ3v) is 7.21. The summed E-state index contributed by atoms with van der Waals surface area (Å²) in [6.07, 6.45) is 3.44. The predicted octanol–water partition coefficient (Wildman–Crippen LogP) is 2.34. The Morgan fingerprint density at radius 2 is 1.96 bits per heavy atom. The van der Waals surface area contributed by atoms with Gasteiger partial charge in [0.25, 0.3) is 0 Å². The normalized spacial score (nSPS) is 25.6. The summed E-state index contributed by atoms with van der Waals surface area (Å²) >= 11 is 0. The van der Waals surface area contributed by atoms with Gasteiger partial charge in [-0.2, -0.15) is 4.31 Å². The molecule has 3 rings (SSSR count). The fraction of sp³-hybridized carbons (Fsp3) is 0.647. The lowest BCUT2D eigenvalue weighted by molar-refractivity contribution is -0.182. The number of hydrogen-bond donors (Lipinski definition) is 0. The van der Waals surface area contributed by atoms with Crippen LogP contribution in [0.25, 0.3) is 0 Å². The summed E-state index contributed by atoms with van der Waals surface area (Å²) in [7, 11) is -1.72. The van der Waals surface area contributed by atoms with Crippen molar-refractivity contribution in [3.05, 3.63) is 29.8 Å². The van der Waals surface area contributed by atoms with Crippen molar-refractivity contribution < 1.29 is 17.9 Å². The van der Waals surface area contributed by atoms with Crippen molar-refractivity contribution in [1.82, 2.24) is 4.31 Å². The van der Waals surface area contributed by atoms with E-state index in [1.54, 1.807) is 23.5 Å². The zero-order valence-corrected chi connectivity index (χ0v) is 14.6. The molecule has 2 fully saturated rings. The molecule has 1 aromatic rings. The molecule has 6 heteroatoms. The second-order valence-electron chi connectivity index (χ2n) is 6.45. The molecule has 5 nitrogen and oxygen atoms in total. The quantitative estimate of drug-likeness (QED) is 0.848. The molecule has 0 N–H and O–H groups in total. The van der Waals surface area contributed by atoms with Gasteiger partial charge in [0.05, 0.1) is 16.6 Å². The molecule has 0 saturated carbocycles. The molecule has 0 radical (unpaired) electrons. The highest BCUT2D eigenvalue weighted by Crippen LogP contribution is 2.38. The Bertz CT molecular complexity index is 650. The first kappa shape index (κ1) is 16.9. The highest BCUT2D eigenvalue weighted by molar-refractivity contribution is 7.89. The standard InChI is InChI=1S/C17H25NO4S/c1-14-6-3-4-7-15(14)23(19,20)18-11-9-17(10-12-18)16(21-2)8-5-13-22-17/h3-4,6-7,16H,5,8-13H2,1-2H3/t16-/m0/s1. The molecule has 0 aliphatic carbocycles. The highest BCUT2D eigenvalue weighted by atomic mass is 32.2. The fourth-order valence-corrected chi connectivity index (χ4v) is 5.46. The fourth-order valence-electron chi connectivity index (χ4n) is 3.79. The van der Waals surface area contributed by atoms with E-state index in [4.69, 9.17) is 9.47 Å². The van der Waals surface area contributed by atoms with E-state index >= 15 is 0 Å². The Balaban J connectivity index is 1.77. The topological polar surface area (TPSA) is 55.8 Å². The van der Waals surface area contributed by atoms with E-state index in [0.29, 0.717) is 30.8 Å². The lowest BCUT2D eigenvalue weighted by atomic mass is 9.82. The summed E-state index contributed by atoms with van der Waals surface area (Å²) in [5.74, 6) is 0.